The highest BCUT2D eigenvalue weighted by atomic mass is 15.2. The fourth-order valence-corrected chi connectivity index (χ4v) is 4.42. The molecule has 1 N–H and O–H groups in total. The highest BCUT2D eigenvalue weighted by Gasteiger charge is 2.14. The first-order valence-electron chi connectivity index (χ1n) is 10.8. The normalized spacial score (nSPS) is 14.3. The van der Waals surface area contributed by atoms with E-state index in [-0.39, 0.29) is 0 Å². The number of nitrogens with zero attached hydrogens (tertiary/aromatic N) is 5. The number of para-hydroxylation sites is 1. The molecule has 2 radical (unpaired) electrons. The topological polar surface area (TPSA) is 58.4 Å². The number of piperazine rings is 1. The molecular formula is C25H21BN6. The van der Waals surface area contributed by atoms with Crippen LogP contribution in [0.3, 0.4) is 0 Å². The molecule has 1 fully saturated rings. The second kappa shape index (κ2) is 7.77. The van der Waals surface area contributed by atoms with Crippen LogP contribution in [-0.4, -0.2) is 53.6 Å². The Kier molecular flexibility index (Phi) is 4.62. The fraction of sp³-hybridized carbons (Fsp3) is 0.160. The Hall–Kier alpha value is -3.71. The Morgan fingerprint density at radius 2 is 1.69 bits per heavy atom. The zero-order valence-electron chi connectivity index (χ0n) is 17.6. The molecule has 1 aliphatic rings. The Labute approximate surface area is 187 Å². The van der Waals surface area contributed by atoms with Crippen LogP contribution in [0.4, 0.5) is 5.69 Å². The Morgan fingerprint density at radius 1 is 0.875 bits per heavy atom. The third-order valence-electron chi connectivity index (χ3n) is 6.07. The SMILES string of the molecule is [B]c1cc(-c2cnn3cc(-c4ccc(N5CCNCC5)cc4)cnc23)c2ccccc2n1. The molecule has 154 valence electrons. The number of benzene rings is 2. The molecule has 0 bridgehead atoms. The van der Waals surface area contributed by atoms with Gasteiger partial charge in [0.2, 0.25) is 0 Å². The number of hydrogen-bond acceptors (Lipinski definition) is 5. The minimum absolute atomic E-state index is 0.485. The highest BCUT2D eigenvalue weighted by Crippen LogP contribution is 2.30. The van der Waals surface area contributed by atoms with E-state index < -0.39 is 0 Å². The molecule has 0 atom stereocenters. The Morgan fingerprint density at radius 3 is 2.53 bits per heavy atom. The van der Waals surface area contributed by atoms with Gasteiger partial charge in [-0.1, -0.05) is 30.3 Å². The van der Waals surface area contributed by atoms with Gasteiger partial charge in [-0.15, -0.1) is 0 Å². The summed E-state index contributed by atoms with van der Waals surface area (Å²) in [5.74, 6) is 0. The lowest BCUT2D eigenvalue weighted by molar-refractivity contribution is 0.589. The molecule has 1 aliphatic heterocycles. The lowest BCUT2D eigenvalue weighted by Crippen LogP contribution is -2.43. The number of anilines is 1. The minimum atomic E-state index is 0.485. The van der Waals surface area contributed by atoms with E-state index in [1.54, 1.807) is 0 Å². The number of fused-ring (bicyclic) bond motifs is 2. The average Bonchev–Trinajstić information content (AvgIpc) is 3.27. The second-order valence-electron chi connectivity index (χ2n) is 8.06. The first-order chi connectivity index (χ1) is 15.8. The molecule has 2 aromatic carbocycles. The summed E-state index contributed by atoms with van der Waals surface area (Å²) in [6.45, 7) is 4.14. The van der Waals surface area contributed by atoms with Crippen LogP contribution in [0.2, 0.25) is 0 Å². The third-order valence-corrected chi connectivity index (χ3v) is 6.07. The van der Waals surface area contributed by atoms with Gasteiger partial charge in [-0.2, -0.15) is 5.10 Å². The summed E-state index contributed by atoms with van der Waals surface area (Å²) in [5, 5.41) is 9.01. The maximum absolute atomic E-state index is 6.08. The van der Waals surface area contributed by atoms with Crippen LogP contribution in [0.15, 0.2) is 73.2 Å². The number of pyridine rings is 1. The molecule has 0 spiro atoms. The highest BCUT2D eigenvalue weighted by molar-refractivity contribution is 6.32. The lowest BCUT2D eigenvalue weighted by atomic mass is 9.95. The van der Waals surface area contributed by atoms with Crippen molar-refractivity contribution in [3.8, 4) is 22.3 Å². The van der Waals surface area contributed by atoms with Gasteiger partial charge in [-0.25, -0.2) is 9.50 Å². The summed E-state index contributed by atoms with van der Waals surface area (Å²) >= 11 is 0. The molecule has 0 amide bonds. The van der Waals surface area contributed by atoms with Crippen molar-refractivity contribution in [2.45, 2.75) is 0 Å². The number of aromatic nitrogens is 4. The molecule has 32 heavy (non-hydrogen) atoms. The van der Waals surface area contributed by atoms with E-state index >= 15 is 0 Å². The monoisotopic (exact) mass is 416 g/mol. The molecule has 0 unspecified atom stereocenters. The molecule has 4 heterocycles. The van der Waals surface area contributed by atoms with E-state index in [9.17, 15) is 0 Å². The van der Waals surface area contributed by atoms with Gasteiger partial charge in [-0.3, -0.25) is 4.98 Å². The predicted molar refractivity (Wildman–Crippen MR) is 130 cm³/mol. The van der Waals surface area contributed by atoms with Gasteiger partial charge in [0.15, 0.2) is 5.65 Å². The van der Waals surface area contributed by atoms with Crippen molar-refractivity contribution in [3.63, 3.8) is 0 Å². The van der Waals surface area contributed by atoms with Crippen LogP contribution in [0, 0.1) is 0 Å². The van der Waals surface area contributed by atoms with Crippen LogP contribution < -0.4 is 15.8 Å². The quantitative estimate of drug-likeness (QED) is 0.459. The zero-order valence-corrected chi connectivity index (χ0v) is 17.6. The van der Waals surface area contributed by atoms with Crippen LogP contribution in [0.1, 0.15) is 0 Å². The molecule has 7 heteroatoms. The summed E-state index contributed by atoms with van der Waals surface area (Å²) in [4.78, 5) is 11.6. The van der Waals surface area contributed by atoms with E-state index in [0.29, 0.717) is 5.59 Å². The van der Waals surface area contributed by atoms with E-state index in [1.165, 1.54) is 5.69 Å². The van der Waals surface area contributed by atoms with Gasteiger partial charge >= 0.3 is 0 Å². The van der Waals surface area contributed by atoms with Crippen molar-refractivity contribution in [2.24, 2.45) is 0 Å². The van der Waals surface area contributed by atoms with Crippen molar-refractivity contribution in [1.29, 1.82) is 0 Å². The van der Waals surface area contributed by atoms with E-state index in [2.05, 4.69) is 50.6 Å². The average molecular weight is 416 g/mol. The number of rotatable bonds is 3. The number of hydrogen-bond donors (Lipinski definition) is 1. The van der Waals surface area contributed by atoms with Crippen LogP contribution in [-0.2, 0) is 0 Å². The van der Waals surface area contributed by atoms with Crippen LogP contribution in [0.25, 0.3) is 38.8 Å². The Bertz CT molecular complexity index is 1420. The largest absolute Gasteiger partial charge is 0.369 e. The fourth-order valence-electron chi connectivity index (χ4n) is 4.42. The molecule has 5 aromatic rings. The van der Waals surface area contributed by atoms with Crippen LogP contribution in [0.5, 0.6) is 0 Å². The first kappa shape index (κ1) is 19.0. The van der Waals surface area contributed by atoms with Gasteiger partial charge in [0, 0.05) is 60.8 Å². The number of nitrogens with one attached hydrogen (secondary N) is 1. The summed E-state index contributed by atoms with van der Waals surface area (Å²) in [5.41, 5.74) is 7.48. The van der Waals surface area contributed by atoms with E-state index in [0.717, 1.165) is 65.0 Å². The van der Waals surface area contributed by atoms with Gasteiger partial charge in [0.25, 0.3) is 0 Å². The summed E-state index contributed by atoms with van der Waals surface area (Å²) in [6.07, 6.45) is 5.78. The van der Waals surface area contributed by atoms with Gasteiger partial charge in [0.1, 0.15) is 7.85 Å². The maximum atomic E-state index is 6.08. The van der Waals surface area contributed by atoms with Gasteiger partial charge in [-0.05, 0) is 41.0 Å². The third kappa shape index (κ3) is 3.31. The molecule has 6 rings (SSSR count). The standard InChI is InChI=1S/C25H21BN6/c26-24-13-21(20-3-1-2-4-23(20)30-24)22-15-29-32-16-18(14-28-25(22)32)17-5-7-19(8-6-17)31-11-9-27-10-12-31/h1-8,13-16,27H,9-12H2. The van der Waals surface area contributed by atoms with Crippen molar-refractivity contribution in [1.82, 2.24) is 24.9 Å². The predicted octanol–water partition coefficient (Wildman–Crippen LogP) is 2.81. The van der Waals surface area contributed by atoms with Crippen molar-refractivity contribution in [2.75, 3.05) is 31.1 Å². The minimum Gasteiger partial charge on any atom is -0.369 e. The van der Waals surface area contributed by atoms with Crippen molar-refractivity contribution in [3.05, 3.63) is 73.2 Å². The van der Waals surface area contributed by atoms with Crippen molar-refractivity contribution >= 4 is 35.7 Å². The molecule has 0 aliphatic carbocycles. The van der Waals surface area contributed by atoms with Crippen LogP contribution >= 0.6 is 0 Å². The van der Waals surface area contributed by atoms with E-state index in [1.807, 2.05) is 47.4 Å². The first-order valence-corrected chi connectivity index (χ1v) is 10.8. The molecule has 0 saturated carbocycles. The maximum Gasteiger partial charge on any atom is 0.162 e. The molecule has 1 saturated heterocycles. The lowest BCUT2D eigenvalue weighted by Gasteiger charge is -2.29. The smallest absolute Gasteiger partial charge is 0.162 e. The zero-order chi connectivity index (χ0) is 21.5. The summed E-state index contributed by atoms with van der Waals surface area (Å²) in [7, 11) is 6.08. The Balaban J connectivity index is 1.37. The molecule has 3 aromatic heterocycles. The molecular weight excluding hydrogens is 395 g/mol. The summed E-state index contributed by atoms with van der Waals surface area (Å²) < 4.78 is 1.83. The second-order valence-corrected chi connectivity index (χ2v) is 8.06. The van der Waals surface area contributed by atoms with Gasteiger partial charge in [0.05, 0.1) is 11.7 Å². The summed E-state index contributed by atoms with van der Waals surface area (Å²) in [6, 6.07) is 18.6. The van der Waals surface area contributed by atoms with Crippen molar-refractivity contribution < 1.29 is 0 Å². The van der Waals surface area contributed by atoms with E-state index in [4.69, 9.17) is 12.8 Å². The molecule has 6 nitrogen and oxygen atoms in total. The van der Waals surface area contributed by atoms with Gasteiger partial charge < -0.3 is 10.2 Å².